The monoisotopic (exact) mass is 572 g/mol. The second kappa shape index (κ2) is 12.3. The zero-order valence-electron chi connectivity index (χ0n) is 22.4. The van der Waals surface area contributed by atoms with E-state index in [4.69, 9.17) is 9.15 Å². The fraction of sp³-hybridized carbons (Fsp3) is 0.161. The number of aromatic nitrogens is 2. The van der Waals surface area contributed by atoms with E-state index in [1.54, 1.807) is 12.1 Å². The first-order valence-electron chi connectivity index (χ1n) is 12.9. The van der Waals surface area contributed by atoms with E-state index in [-0.39, 0.29) is 18.2 Å². The zero-order chi connectivity index (χ0) is 28.8. The molecule has 210 valence electrons. The summed E-state index contributed by atoms with van der Waals surface area (Å²) in [5.41, 5.74) is 3.91. The number of halogens is 1. The third kappa shape index (κ3) is 7.36. The molecule has 41 heavy (non-hydrogen) atoms. The first-order chi connectivity index (χ1) is 19.8. The van der Waals surface area contributed by atoms with Crippen LogP contribution in [0.3, 0.4) is 0 Å². The van der Waals surface area contributed by atoms with E-state index < -0.39 is 9.84 Å². The standard InChI is InChI=1S/C31H29FN4O4S/c1-3-22-16-25(8-11-29(22)39-19-21-5-4-6-24(32)15-21)36-31-27-17-23(7-10-28(27)34-20-35-31)30-12-9-26(40-30)18-33-13-14-41(2,37)38/h3-12,15-17,20,33H,1,13-14,18-19H2,2H3,(H,34,35,36). The van der Waals surface area contributed by atoms with Gasteiger partial charge in [0.25, 0.3) is 0 Å². The average molecular weight is 573 g/mol. The molecular formula is C31H29FN4O4S. The molecule has 0 spiro atoms. The van der Waals surface area contributed by atoms with Crippen LogP contribution in [0, 0.1) is 5.82 Å². The summed E-state index contributed by atoms with van der Waals surface area (Å²) in [6, 6.07) is 21.5. The normalized spacial score (nSPS) is 11.5. The summed E-state index contributed by atoms with van der Waals surface area (Å²) in [7, 11) is -3.02. The van der Waals surface area contributed by atoms with Crippen molar-refractivity contribution in [3.63, 3.8) is 0 Å². The van der Waals surface area contributed by atoms with Gasteiger partial charge in [-0.05, 0) is 66.2 Å². The molecule has 0 saturated carbocycles. The predicted octanol–water partition coefficient (Wildman–Crippen LogP) is 6.13. The van der Waals surface area contributed by atoms with E-state index in [9.17, 15) is 12.8 Å². The Morgan fingerprint density at radius 3 is 2.73 bits per heavy atom. The quantitative estimate of drug-likeness (QED) is 0.172. The highest BCUT2D eigenvalue weighted by Gasteiger charge is 2.11. The van der Waals surface area contributed by atoms with Crippen LogP contribution in [0.15, 0.2) is 90.1 Å². The van der Waals surface area contributed by atoms with E-state index in [2.05, 4.69) is 27.2 Å². The predicted molar refractivity (Wildman–Crippen MR) is 159 cm³/mol. The summed E-state index contributed by atoms with van der Waals surface area (Å²) in [5, 5.41) is 7.26. The number of nitrogens with one attached hydrogen (secondary N) is 2. The fourth-order valence-electron chi connectivity index (χ4n) is 4.25. The zero-order valence-corrected chi connectivity index (χ0v) is 23.2. The van der Waals surface area contributed by atoms with Crippen molar-refractivity contribution in [1.29, 1.82) is 0 Å². The van der Waals surface area contributed by atoms with Gasteiger partial charge in [-0.15, -0.1) is 0 Å². The number of rotatable bonds is 12. The van der Waals surface area contributed by atoms with Crippen molar-refractivity contribution in [2.45, 2.75) is 13.2 Å². The van der Waals surface area contributed by atoms with Gasteiger partial charge in [0.15, 0.2) is 0 Å². The first-order valence-corrected chi connectivity index (χ1v) is 15.0. The van der Waals surface area contributed by atoms with Crippen LogP contribution in [0.5, 0.6) is 5.75 Å². The average Bonchev–Trinajstić information content (AvgIpc) is 3.43. The van der Waals surface area contributed by atoms with Crippen LogP contribution in [-0.2, 0) is 23.0 Å². The maximum atomic E-state index is 13.5. The molecule has 0 saturated heterocycles. The first kappa shape index (κ1) is 28.0. The molecule has 0 aliphatic heterocycles. The minimum Gasteiger partial charge on any atom is -0.488 e. The maximum Gasteiger partial charge on any atom is 0.148 e. The van der Waals surface area contributed by atoms with Crippen LogP contribution in [0.4, 0.5) is 15.9 Å². The topological polar surface area (TPSA) is 106 Å². The molecule has 0 atom stereocenters. The Morgan fingerprint density at radius 2 is 1.93 bits per heavy atom. The van der Waals surface area contributed by atoms with Gasteiger partial charge in [-0.1, -0.05) is 24.8 Å². The van der Waals surface area contributed by atoms with Gasteiger partial charge in [0, 0.05) is 35.0 Å². The van der Waals surface area contributed by atoms with Crippen LogP contribution in [0.1, 0.15) is 16.9 Å². The van der Waals surface area contributed by atoms with Gasteiger partial charge >= 0.3 is 0 Å². The van der Waals surface area contributed by atoms with Crippen LogP contribution in [-0.4, -0.2) is 36.9 Å². The van der Waals surface area contributed by atoms with E-state index in [1.807, 2.05) is 54.6 Å². The molecule has 5 rings (SSSR count). The third-order valence-electron chi connectivity index (χ3n) is 6.31. The lowest BCUT2D eigenvalue weighted by atomic mass is 10.1. The Bertz CT molecular complexity index is 1800. The number of nitrogens with zero attached hydrogens (tertiary/aromatic N) is 2. The fourth-order valence-corrected chi connectivity index (χ4v) is 4.76. The van der Waals surface area contributed by atoms with Crippen molar-refractivity contribution in [2.24, 2.45) is 0 Å². The molecule has 3 aromatic carbocycles. The smallest absolute Gasteiger partial charge is 0.148 e. The van der Waals surface area contributed by atoms with Crippen LogP contribution < -0.4 is 15.4 Å². The van der Waals surface area contributed by atoms with Gasteiger partial charge in [0.1, 0.15) is 51.7 Å². The van der Waals surface area contributed by atoms with Gasteiger partial charge in [0.2, 0.25) is 0 Å². The molecule has 2 aromatic heterocycles. The van der Waals surface area contributed by atoms with Crippen LogP contribution >= 0.6 is 0 Å². The van der Waals surface area contributed by atoms with Gasteiger partial charge in [-0.3, -0.25) is 0 Å². The molecule has 0 amide bonds. The van der Waals surface area contributed by atoms with Gasteiger partial charge < -0.3 is 19.8 Å². The molecule has 10 heteroatoms. The highest BCUT2D eigenvalue weighted by molar-refractivity contribution is 7.90. The van der Waals surface area contributed by atoms with Crippen molar-refractivity contribution in [1.82, 2.24) is 15.3 Å². The van der Waals surface area contributed by atoms with Crippen LogP contribution in [0.2, 0.25) is 0 Å². The molecule has 2 heterocycles. The number of ether oxygens (including phenoxy) is 1. The molecule has 0 bridgehead atoms. The molecule has 8 nitrogen and oxygen atoms in total. The summed E-state index contributed by atoms with van der Waals surface area (Å²) in [4.78, 5) is 8.87. The summed E-state index contributed by atoms with van der Waals surface area (Å²) in [5.74, 6) is 2.39. The third-order valence-corrected chi connectivity index (χ3v) is 7.25. The number of hydrogen-bond donors (Lipinski definition) is 2. The van der Waals surface area contributed by atoms with Gasteiger partial charge in [-0.2, -0.15) is 0 Å². The molecule has 0 radical (unpaired) electrons. The Morgan fingerprint density at radius 1 is 1.05 bits per heavy atom. The molecular weight excluding hydrogens is 543 g/mol. The lowest BCUT2D eigenvalue weighted by molar-refractivity contribution is 0.305. The number of furan rings is 1. The van der Waals surface area contributed by atoms with Gasteiger partial charge in [-0.25, -0.2) is 22.8 Å². The number of benzene rings is 3. The van der Waals surface area contributed by atoms with Crippen molar-refractivity contribution in [3.05, 3.63) is 108 Å². The van der Waals surface area contributed by atoms with Crippen molar-refractivity contribution < 1.29 is 22.0 Å². The SMILES string of the molecule is C=Cc1cc(Nc2ncnc3ccc(-c4ccc(CNCCS(C)(=O)=O)o4)cc23)ccc1OCc1cccc(F)c1. The Balaban J connectivity index is 1.32. The molecule has 0 unspecified atom stereocenters. The van der Waals surface area contributed by atoms with Crippen molar-refractivity contribution in [2.75, 3.05) is 23.9 Å². The minimum atomic E-state index is -3.02. The largest absolute Gasteiger partial charge is 0.488 e. The van der Waals surface area contributed by atoms with Gasteiger partial charge in [0.05, 0.1) is 17.8 Å². The molecule has 0 aliphatic carbocycles. The highest BCUT2D eigenvalue weighted by atomic mass is 32.2. The Labute approximate surface area is 237 Å². The van der Waals surface area contributed by atoms with E-state index >= 15 is 0 Å². The number of anilines is 2. The summed E-state index contributed by atoms with van der Waals surface area (Å²) < 4.78 is 48.1. The lowest BCUT2D eigenvalue weighted by Gasteiger charge is -2.13. The van der Waals surface area contributed by atoms with E-state index in [1.165, 1.54) is 24.7 Å². The summed E-state index contributed by atoms with van der Waals surface area (Å²) in [6.45, 7) is 4.91. The molecule has 2 N–H and O–H groups in total. The molecule has 5 aromatic rings. The van der Waals surface area contributed by atoms with Crippen molar-refractivity contribution >= 4 is 38.3 Å². The summed E-state index contributed by atoms with van der Waals surface area (Å²) in [6.07, 6.45) is 4.42. The molecule has 0 fully saturated rings. The second-order valence-corrected chi connectivity index (χ2v) is 11.8. The van der Waals surface area contributed by atoms with E-state index in [0.717, 1.165) is 33.3 Å². The van der Waals surface area contributed by atoms with E-state index in [0.29, 0.717) is 36.2 Å². The number of fused-ring (bicyclic) bond motifs is 1. The summed E-state index contributed by atoms with van der Waals surface area (Å²) >= 11 is 0. The Hall–Kier alpha value is -4.54. The lowest BCUT2D eigenvalue weighted by Crippen LogP contribution is -2.21. The second-order valence-electron chi connectivity index (χ2n) is 9.53. The number of hydrogen-bond acceptors (Lipinski definition) is 8. The van der Waals surface area contributed by atoms with Crippen LogP contribution in [0.25, 0.3) is 28.3 Å². The Kier molecular flexibility index (Phi) is 8.42. The van der Waals surface area contributed by atoms with Crippen molar-refractivity contribution in [3.8, 4) is 17.1 Å². The highest BCUT2D eigenvalue weighted by Crippen LogP contribution is 2.31. The maximum absolute atomic E-state index is 13.5. The molecule has 0 aliphatic rings. The minimum absolute atomic E-state index is 0.0694. The number of sulfone groups is 1.